The van der Waals surface area contributed by atoms with Crippen LogP contribution in [0.3, 0.4) is 0 Å². The molecule has 5 nitrogen and oxygen atoms in total. The van der Waals surface area contributed by atoms with Crippen LogP contribution in [0.15, 0.2) is 18.2 Å². The van der Waals surface area contributed by atoms with Gasteiger partial charge in [0.2, 0.25) is 0 Å². The minimum Gasteiger partial charge on any atom is -0.480 e. The molecular formula is C12H11F4NO4. The van der Waals surface area contributed by atoms with Crippen LogP contribution in [0.5, 0.6) is 0 Å². The zero-order valence-electron chi connectivity index (χ0n) is 10.6. The van der Waals surface area contributed by atoms with Gasteiger partial charge in [-0.3, -0.25) is 4.79 Å². The Morgan fingerprint density at radius 2 is 1.86 bits per heavy atom. The number of halogens is 4. The van der Waals surface area contributed by atoms with Crippen LogP contribution in [-0.2, 0) is 11.0 Å². The smallest absolute Gasteiger partial charge is 0.416 e. The number of aliphatic hydroxyl groups excluding tert-OH is 1. The Morgan fingerprint density at radius 3 is 2.29 bits per heavy atom. The summed E-state index contributed by atoms with van der Waals surface area (Å²) in [5, 5.41) is 19.7. The van der Waals surface area contributed by atoms with Crippen molar-refractivity contribution in [1.29, 1.82) is 0 Å². The van der Waals surface area contributed by atoms with E-state index in [9.17, 15) is 27.2 Å². The van der Waals surface area contributed by atoms with Crippen molar-refractivity contribution in [1.82, 2.24) is 5.32 Å². The molecule has 1 aromatic rings. The van der Waals surface area contributed by atoms with Crippen molar-refractivity contribution in [3.05, 3.63) is 35.1 Å². The van der Waals surface area contributed by atoms with E-state index >= 15 is 0 Å². The summed E-state index contributed by atoms with van der Waals surface area (Å²) in [6.45, 7) is 1.06. The van der Waals surface area contributed by atoms with Gasteiger partial charge in [-0.05, 0) is 25.1 Å². The molecule has 0 unspecified atom stereocenters. The lowest BCUT2D eigenvalue weighted by Crippen LogP contribution is -2.47. The van der Waals surface area contributed by atoms with Gasteiger partial charge in [-0.25, -0.2) is 9.18 Å². The van der Waals surface area contributed by atoms with Gasteiger partial charge in [-0.15, -0.1) is 0 Å². The van der Waals surface area contributed by atoms with Crippen molar-refractivity contribution in [3.8, 4) is 0 Å². The summed E-state index contributed by atoms with van der Waals surface area (Å²) in [5.41, 5.74) is -2.21. The third-order valence-corrected chi connectivity index (χ3v) is 2.57. The largest absolute Gasteiger partial charge is 0.480 e. The summed E-state index contributed by atoms with van der Waals surface area (Å²) in [4.78, 5) is 22.4. The van der Waals surface area contributed by atoms with Crippen molar-refractivity contribution >= 4 is 11.9 Å². The molecule has 2 atom stereocenters. The number of carbonyl (C=O) groups excluding carboxylic acids is 1. The fraction of sp³-hybridized carbons (Fsp3) is 0.333. The molecule has 21 heavy (non-hydrogen) atoms. The van der Waals surface area contributed by atoms with Crippen molar-refractivity contribution < 1.29 is 37.4 Å². The number of carbonyl (C=O) groups is 2. The average Bonchev–Trinajstić information content (AvgIpc) is 2.33. The first-order chi connectivity index (χ1) is 9.54. The standard InChI is InChI=1S/C12H11F4NO4/c1-5(18)9(11(20)21)17-10(19)7-4-6(12(14,15)16)2-3-8(7)13/h2-5,9,18H,1H3,(H,17,19)(H,20,21)/t5-,9+/m1/s1. The second-order valence-electron chi connectivity index (χ2n) is 4.22. The molecule has 0 heterocycles. The lowest BCUT2D eigenvalue weighted by Gasteiger charge is -2.17. The number of aliphatic hydroxyl groups is 1. The highest BCUT2D eigenvalue weighted by Gasteiger charge is 2.33. The minimum absolute atomic E-state index is 0.269. The molecular weight excluding hydrogens is 298 g/mol. The zero-order chi connectivity index (χ0) is 16.4. The molecule has 0 saturated heterocycles. The number of carboxylic acid groups (broad SMARTS) is 1. The van der Waals surface area contributed by atoms with Gasteiger partial charge in [0.05, 0.1) is 17.2 Å². The maximum Gasteiger partial charge on any atom is 0.416 e. The van der Waals surface area contributed by atoms with Gasteiger partial charge in [-0.2, -0.15) is 13.2 Å². The Kier molecular flexibility index (Phi) is 4.89. The Balaban J connectivity index is 3.10. The summed E-state index contributed by atoms with van der Waals surface area (Å²) in [6.07, 6.45) is -6.29. The van der Waals surface area contributed by atoms with E-state index in [4.69, 9.17) is 10.2 Å². The zero-order valence-corrected chi connectivity index (χ0v) is 10.6. The number of alkyl halides is 3. The second-order valence-corrected chi connectivity index (χ2v) is 4.22. The Labute approximate surface area is 116 Å². The highest BCUT2D eigenvalue weighted by molar-refractivity contribution is 5.97. The number of nitrogens with one attached hydrogen (secondary N) is 1. The van der Waals surface area contributed by atoms with Gasteiger partial charge >= 0.3 is 12.1 Å². The average molecular weight is 309 g/mol. The molecule has 0 radical (unpaired) electrons. The predicted octanol–water partition coefficient (Wildman–Crippen LogP) is 1.41. The summed E-state index contributed by atoms with van der Waals surface area (Å²) >= 11 is 0. The Bertz CT molecular complexity index is 557. The Hall–Kier alpha value is -2.16. The van der Waals surface area contributed by atoms with Gasteiger partial charge in [0.15, 0.2) is 6.04 Å². The lowest BCUT2D eigenvalue weighted by molar-refractivity contribution is -0.142. The predicted molar refractivity (Wildman–Crippen MR) is 62.0 cm³/mol. The molecule has 0 aliphatic rings. The van der Waals surface area contributed by atoms with E-state index in [1.54, 1.807) is 5.32 Å². The van der Waals surface area contributed by atoms with Crippen LogP contribution in [0, 0.1) is 5.82 Å². The van der Waals surface area contributed by atoms with E-state index < -0.39 is 47.1 Å². The fourth-order valence-corrected chi connectivity index (χ4v) is 1.48. The van der Waals surface area contributed by atoms with Gasteiger partial charge < -0.3 is 15.5 Å². The third-order valence-electron chi connectivity index (χ3n) is 2.57. The summed E-state index contributed by atoms with van der Waals surface area (Å²) < 4.78 is 50.9. The van der Waals surface area contributed by atoms with E-state index in [1.807, 2.05) is 0 Å². The molecule has 1 rings (SSSR count). The SMILES string of the molecule is C[C@@H](O)[C@H](NC(=O)c1cc(C(F)(F)F)ccc1F)C(=O)O. The molecule has 0 saturated carbocycles. The van der Waals surface area contributed by atoms with Crippen LogP contribution >= 0.6 is 0 Å². The molecule has 0 spiro atoms. The van der Waals surface area contributed by atoms with Crippen LogP contribution in [0.25, 0.3) is 0 Å². The number of benzene rings is 1. The molecule has 0 aromatic heterocycles. The van der Waals surface area contributed by atoms with Gasteiger partial charge in [0, 0.05) is 0 Å². The van der Waals surface area contributed by atoms with Crippen LogP contribution in [0.1, 0.15) is 22.8 Å². The molecule has 0 aliphatic heterocycles. The van der Waals surface area contributed by atoms with Crippen molar-refractivity contribution in [3.63, 3.8) is 0 Å². The number of carboxylic acids is 1. The van der Waals surface area contributed by atoms with Crippen molar-refractivity contribution in [2.24, 2.45) is 0 Å². The van der Waals surface area contributed by atoms with Gasteiger partial charge in [0.1, 0.15) is 5.82 Å². The fourth-order valence-electron chi connectivity index (χ4n) is 1.48. The number of hydrogen-bond acceptors (Lipinski definition) is 3. The first kappa shape index (κ1) is 16.9. The second kappa shape index (κ2) is 6.08. The molecule has 1 amide bonds. The topological polar surface area (TPSA) is 86.6 Å². The van der Waals surface area contributed by atoms with E-state index in [1.165, 1.54) is 0 Å². The monoisotopic (exact) mass is 309 g/mol. The summed E-state index contributed by atoms with van der Waals surface area (Å²) in [7, 11) is 0. The minimum atomic E-state index is -4.78. The highest BCUT2D eigenvalue weighted by Crippen LogP contribution is 2.30. The number of rotatable bonds is 4. The van der Waals surface area contributed by atoms with E-state index in [0.29, 0.717) is 12.1 Å². The van der Waals surface area contributed by atoms with Gasteiger partial charge in [-0.1, -0.05) is 0 Å². The van der Waals surface area contributed by atoms with E-state index in [0.717, 1.165) is 6.92 Å². The van der Waals surface area contributed by atoms with Crippen molar-refractivity contribution in [2.45, 2.75) is 25.2 Å². The third kappa shape index (κ3) is 4.15. The summed E-state index contributed by atoms with van der Waals surface area (Å²) in [5.74, 6) is -4.21. The van der Waals surface area contributed by atoms with Crippen LogP contribution in [-0.4, -0.2) is 34.2 Å². The highest BCUT2D eigenvalue weighted by atomic mass is 19.4. The Morgan fingerprint density at radius 1 is 1.29 bits per heavy atom. The first-order valence-electron chi connectivity index (χ1n) is 5.62. The van der Waals surface area contributed by atoms with Crippen molar-refractivity contribution in [2.75, 3.05) is 0 Å². The number of hydrogen-bond donors (Lipinski definition) is 3. The first-order valence-corrected chi connectivity index (χ1v) is 5.62. The van der Waals surface area contributed by atoms with Crippen LogP contribution in [0.2, 0.25) is 0 Å². The lowest BCUT2D eigenvalue weighted by atomic mass is 10.1. The van der Waals surface area contributed by atoms with Gasteiger partial charge in [0.25, 0.3) is 5.91 Å². The molecule has 9 heteroatoms. The number of aliphatic carboxylic acids is 1. The molecule has 1 aromatic carbocycles. The van der Waals surface area contributed by atoms with Crippen LogP contribution < -0.4 is 5.32 Å². The maximum atomic E-state index is 13.4. The molecule has 0 fully saturated rings. The molecule has 0 bridgehead atoms. The van der Waals surface area contributed by atoms with E-state index in [2.05, 4.69) is 0 Å². The maximum absolute atomic E-state index is 13.4. The van der Waals surface area contributed by atoms with Crippen LogP contribution in [0.4, 0.5) is 17.6 Å². The number of amides is 1. The molecule has 3 N–H and O–H groups in total. The molecule has 0 aliphatic carbocycles. The summed E-state index contributed by atoms with van der Waals surface area (Å²) in [6, 6.07) is -0.594. The van der Waals surface area contributed by atoms with E-state index in [-0.39, 0.29) is 6.07 Å². The molecule has 116 valence electrons. The normalized spacial score (nSPS) is 14.4. The quantitative estimate of drug-likeness (QED) is 0.734.